The Kier molecular flexibility index (Phi) is 23.4. The molecule has 0 saturated heterocycles. The topological polar surface area (TPSA) is 108 Å². The van der Waals surface area contributed by atoms with E-state index < -0.39 is 17.6 Å². The molecule has 1 rings (SSSR count). The number of alkyl carbamates (subject to hydrolysis) is 1. The van der Waals surface area contributed by atoms with Gasteiger partial charge in [0, 0.05) is 25.8 Å². The zero-order chi connectivity index (χ0) is 36.4. The lowest BCUT2D eigenvalue weighted by molar-refractivity contribution is -0.161. The molecule has 0 aromatic heterocycles. The van der Waals surface area contributed by atoms with Gasteiger partial charge < -0.3 is 19.5 Å². The van der Waals surface area contributed by atoms with Crippen molar-refractivity contribution in [2.75, 3.05) is 6.54 Å². The number of ketones is 1. The van der Waals surface area contributed by atoms with Crippen LogP contribution in [-0.2, 0) is 35.2 Å². The van der Waals surface area contributed by atoms with Crippen molar-refractivity contribution < 1.29 is 33.4 Å². The van der Waals surface area contributed by atoms with E-state index in [1.807, 2.05) is 71.9 Å². The number of hydrogen-bond acceptors (Lipinski definition) is 7. The maximum absolute atomic E-state index is 12.9. The minimum atomic E-state index is -0.603. The van der Waals surface area contributed by atoms with Gasteiger partial charge in [-0.2, -0.15) is 0 Å². The summed E-state index contributed by atoms with van der Waals surface area (Å²) in [4.78, 5) is 49.4. The third-order valence-corrected chi connectivity index (χ3v) is 8.18. The number of amides is 1. The number of ether oxygens (including phenoxy) is 3. The number of nitrogens with one attached hydrogen (secondary N) is 1. The molecule has 49 heavy (non-hydrogen) atoms. The van der Waals surface area contributed by atoms with Crippen LogP contribution < -0.4 is 5.32 Å². The van der Waals surface area contributed by atoms with Crippen LogP contribution in [0.25, 0.3) is 0 Å². The highest BCUT2D eigenvalue weighted by atomic mass is 16.6. The predicted molar refractivity (Wildman–Crippen MR) is 197 cm³/mol. The number of rotatable bonds is 27. The zero-order valence-corrected chi connectivity index (χ0v) is 31.9. The van der Waals surface area contributed by atoms with Crippen LogP contribution in [0.4, 0.5) is 4.79 Å². The average Bonchev–Trinajstić information content (AvgIpc) is 3.01. The number of benzene rings is 1. The highest BCUT2D eigenvalue weighted by Crippen LogP contribution is 2.21. The molecule has 1 amide bonds. The first-order valence-corrected chi connectivity index (χ1v) is 19.2. The summed E-state index contributed by atoms with van der Waals surface area (Å²) in [7, 11) is 0. The Labute approximate surface area is 298 Å². The first-order valence-electron chi connectivity index (χ1n) is 19.2. The number of unbranched alkanes of at least 4 members (excludes halogenated alkanes) is 14. The van der Waals surface area contributed by atoms with Gasteiger partial charge in [0.15, 0.2) is 0 Å². The van der Waals surface area contributed by atoms with Gasteiger partial charge in [0.05, 0.1) is 5.92 Å². The molecule has 1 aromatic carbocycles. The van der Waals surface area contributed by atoms with E-state index in [2.05, 4.69) is 5.32 Å². The predicted octanol–water partition coefficient (Wildman–Crippen LogP) is 10.6. The summed E-state index contributed by atoms with van der Waals surface area (Å²) in [6.45, 7) is 11.9. The molecule has 0 spiro atoms. The van der Waals surface area contributed by atoms with Crippen LogP contribution in [0.1, 0.15) is 176 Å². The first-order chi connectivity index (χ1) is 23.2. The van der Waals surface area contributed by atoms with E-state index >= 15 is 0 Å². The van der Waals surface area contributed by atoms with Crippen molar-refractivity contribution in [2.45, 2.75) is 188 Å². The van der Waals surface area contributed by atoms with E-state index in [1.165, 1.54) is 57.8 Å². The van der Waals surface area contributed by atoms with Gasteiger partial charge in [0.25, 0.3) is 0 Å². The maximum Gasteiger partial charge on any atom is 0.407 e. The highest BCUT2D eigenvalue weighted by molar-refractivity contribution is 5.84. The molecule has 0 heterocycles. The van der Waals surface area contributed by atoms with E-state index in [0.29, 0.717) is 38.6 Å². The number of esters is 2. The molecular formula is C41H69NO7. The van der Waals surface area contributed by atoms with Crippen molar-refractivity contribution >= 4 is 23.8 Å². The van der Waals surface area contributed by atoms with Gasteiger partial charge in [0.2, 0.25) is 0 Å². The summed E-state index contributed by atoms with van der Waals surface area (Å²) in [5.41, 5.74) is -0.0637. The minimum absolute atomic E-state index is 0.0839. The van der Waals surface area contributed by atoms with Crippen LogP contribution in [0.3, 0.4) is 0 Å². The van der Waals surface area contributed by atoms with Gasteiger partial charge in [-0.3, -0.25) is 14.4 Å². The van der Waals surface area contributed by atoms with Gasteiger partial charge in [-0.05, 0) is 72.8 Å². The molecule has 0 saturated carbocycles. The van der Waals surface area contributed by atoms with E-state index in [-0.39, 0.29) is 36.4 Å². The summed E-state index contributed by atoms with van der Waals surface area (Å²) in [6, 6.07) is 9.52. The van der Waals surface area contributed by atoms with Crippen molar-refractivity contribution in [3.8, 4) is 0 Å². The molecule has 1 aromatic rings. The van der Waals surface area contributed by atoms with Crippen LogP contribution >= 0.6 is 0 Å². The number of carbonyl (C=O) groups excluding carboxylic acids is 4. The molecule has 8 nitrogen and oxygen atoms in total. The van der Waals surface area contributed by atoms with E-state index in [9.17, 15) is 19.2 Å². The van der Waals surface area contributed by atoms with E-state index in [0.717, 1.165) is 37.7 Å². The SMILES string of the molecule is CC(C)(C)OC(=O)CCCCCCCCCCCCCCCCC(=O)C[C@@H](CCCCNC(=O)OCc1ccccc1)C(=O)OC(C)(C)C. The quantitative estimate of drug-likeness (QED) is 0.0557. The van der Waals surface area contributed by atoms with Gasteiger partial charge in [-0.25, -0.2) is 4.79 Å². The molecule has 0 aliphatic heterocycles. The van der Waals surface area contributed by atoms with Crippen LogP contribution in [0.15, 0.2) is 30.3 Å². The maximum atomic E-state index is 12.9. The summed E-state index contributed by atoms with van der Waals surface area (Å²) >= 11 is 0. The Morgan fingerprint density at radius 1 is 0.612 bits per heavy atom. The van der Waals surface area contributed by atoms with Gasteiger partial charge in [0.1, 0.15) is 23.6 Å². The Bertz CT molecular complexity index is 1040. The Morgan fingerprint density at radius 2 is 1.10 bits per heavy atom. The van der Waals surface area contributed by atoms with Gasteiger partial charge >= 0.3 is 18.0 Å². The lowest BCUT2D eigenvalue weighted by Gasteiger charge is -2.24. The largest absolute Gasteiger partial charge is 0.460 e. The molecule has 8 heteroatoms. The summed E-state index contributed by atoms with van der Waals surface area (Å²) in [5, 5.41) is 2.76. The van der Waals surface area contributed by atoms with Crippen LogP contribution in [0.5, 0.6) is 0 Å². The fraction of sp³-hybridized carbons (Fsp3) is 0.756. The fourth-order valence-corrected chi connectivity index (χ4v) is 5.65. The summed E-state index contributed by atoms with van der Waals surface area (Å²) < 4.78 is 16.2. The standard InChI is InChI=1S/C41H69NO7/c1-40(2,3)48-37(44)30-23-18-16-14-12-10-8-7-9-11-13-15-17-22-29-36(43)32-35(38(45)49-41(4,5)6)28-24-25-31-42-39(46)47-33-34-26-20-19-21-27-34/h19-21,26-27,35H,7-18,22-25,28-33H2,1-6H3,(H,42,46)/t35-/m1/s1. The van der Waals surface area contributed by atoms with E-state index in [1.54, 1.807) is 0 Å². The number of Topliss-reactive ketones (excluding diaryl/α,β-unsaturated/α-hetero) is 1. The minimum Gasteiger partial charge on any atom is -0.460 e. The Hall–Kier alpha value is -2.90. The molecule has 0 unspecified atom stereocenters. The second-order valence-corrected chi connectivity index (χ2v) is 15.5. The zero-order valence-electron chi connectivity index (χ0n) is 31.9. The molecule has 0 aliphatic carbocycles. The summed E-state index contributed by atoms with van der Waals surface area (Å²) in [6.07, 6.45) is 19.1. The molecule has 1 atom stereocenters. The van der Waals surface area contributed by atoms with Crippen molar-refractivity contribution in [3.63, 3.8) is 0 Å². The third kappa shape index (κ3) is 27.6. The Morgan fingerprint density at radius 3 is 1.61 bits per heavy atom. The second kappa shape index (κ2) is 26.0. The van der Waals surface area contributed by atoms with Crippen molar-refractivity contribution in [1.29, 1.82) is 0 Å². The van der Waals surface area contributed by atoms with Crippen molar-refractivity contribution in [3.05, 3.63) is 35.9 Å². The summed E-state index contributed by atoms with van der Waals surface area (Å²) in [5.74, 6) is -0.728. The highest BCUT2D eigenvalue weighted by Gasteiger charge is 2.27. The van der Waals surface area contributed by atoms with Gasteiger partial charge in [-0.15, -0.1) is 0 Å². The molecule has 0 fully saturated rings. The van der Waals surface area contributed by atoms with Crippen molar-refractivity contribution in [1.82, 2.24) is 5.32 Å². The number of carbonyl (C=O) groups is 4. The Balaban J connectivity index is 2.10. The average molecular weight is 688 g/mol. The fourth-order valence-electron chi connectivity index (χ4n) is 5.65. The smallest absolute Gasteiger partial charge is 0.407 e. The normalized spacial score (nSPS) is 12.3. The monoisotopic (exact) mass is 688 g/mol. The third-order valence-electron chi connectivity index (χ3n) is 8.18. The molecule has 0 radical (unpaired) electrons. The molecular weight excluding hydrogens is 618 g/mol. The molecule has 1 N–H and O–H groups in total. The van der Waals surface area contributed by atoms with Crippen LogP contribution in [0, 0.1) is 5.92 Å². The molecule has 0 aliphatic rings. The van der Waals surface area contributed by atoms with Crippen molar-refractivity contribution in [2.24, 2.45) is 5.92 Å². The first kappa shape index (κ1) is 44.1. The van der Waals surface area contributed by atoms with Gasteiger partial charge in [-0.1, -0.05) is 114 Å². The van der Waals surface area contributed by atoms with Crippen LogP contribution in [0.2, 0.25) is 0 Å². The number of hydrogen-bond donors (Lipinski definition) is 1. The molecule has 0 bridgehead atoms. The lowest BCUT2D eigenvalue weighted by Crippen LogP contribution is -2.30. The lowest BCUT2D eigenvalue weighted by atomic mass is 9.93. The second-order valence-electron chi connectivity index (χ2n) is 15.5. The molecule has 280 valence electrons. The van der Waals surface area contributed by atoms with E-state index in [4.69, 9.17) is 14.2 Å². The van der Waals surface area contributed by atoms with Crippen LogP contribution in [-0.4, -0.2) is 41.6 Å².